The molecule has 0 bridgehead atoms. The van der Waals surface area contributed by atoms with Crippen molar-refractivity contribution in [3.63, 3.8) is 0 Å². The fourth-order valence-corrected chi connectivity index (χ4v) is 3.33. The lowest BCUT2D eigenvalue weighted by atomic mass is 10.0. The molecule has 1 aromatic carbocycles. The van der Waals surface area contributed by atoms with E-state index in [0.29, 0.717) is 54.4 Å². The van der Waals surface area contributed by atoms with E-state index < -0.39 is 0 Å². The predicted octanol–water partition coefficient (Wildman–Crippen LogP) is 2.54. The molecular formula is C20H19FN4O2. The number of methoxy groups -OCH3 is 1. The van der Waals surface area contributed by atoms with Gasteiger partial charge >= 0.3 is 0 Å². The number of pyridine rings is 1. The Balaban J connectivity index is 1.61. The van der Waals surface area contributed by atoms with E-state index in [1.54, 1.807) is 30.5 Å². The largest absolute Gasteiger partial charge is 0.494 e. The van der Waals surface area contributed by atoms with Gasteiger partial charge in [-0.2, -0.15) is 0 Å². The number of hydrogen-bond donors (Lipinski definition) is 1. The topological polar surface area (TPSA) is 71.1 Å². The van der Waals surface area contributed by atoms with Crippen LogP contribution in [0.15, 0.2) is 47.4 Å². The molecule has 0 saturated heterocycles. The van der Waals surface area contributed by atoms with Gasteiger partial charge in [-0.15, -0.1) is 0 Å². The number of halogens is 1. The van der Waals surface area contributed by atoms with E-state index in [1.165, 1.54) is 7.11 Å². The molecule has 27 heavy (non-hydrogen) atoms. The van der Waals surface area contributed by atoms with Crippen molar-refractivity contribution in [2.45, 2.75) is 19.5 Å². The summed E-state index contributed by atoms with van der Waals surface area (Å²) in [6.45, 7) is 1.57. The van der Waals surface area contributed by atoms with Gasteiger partial charge in [-0.05, 0) is 24.6 Å². The molecule has 1 N–H and O–H groups in total. The molecule has 7 heteroatoms. The summed E-state index contributed by atoms with van der Waals surface area (Å²) in [5.41, 5.74) is 2.46. The Morgan fingerprint density at radius 1 is 1.26 bits per heavy atom. The van der Waals surface area contributed by atoms with E-state index >= 15 is 0 Å². The smallest absolute Gasteiger partial charge is 0.254 e. The number of nitrogens with zero attached hydrogens (tertiary/aromatic N) is 3. The SMILES string of the molecule is COc1cccc(CN2CCc3c(nc(-c4ccccn4)[nH]c3=O)C2)c1F. The number of benzene rings is 1. The number of H-pyrrole nitrogens is 1. The predicted molar refractivity (Wildman–Crippen MR) is 98.9 cm³/mol. The first-order valence-electron chi connectivity index (χ1n) is 8.73. The molecule has 6 nitrogen and oxygen atoms in total. The summed E-state index contributed by atoms with van der Waals surface area (Å²) in [7, 11) is 1.45. The van der Waals surface area contributed by atoms with E-state index in [1.807, 2.05) is 12.1 Å². The normalized spacial score (nSPS) is 14.0. The van der Waals surface area contributed by atoms with Crippen LogP contribution in [0.2, 0.25) is 0 Å². The van der Waals surface area contributed by atoms with Crippen LogP contribution >= 0.6 is 0 Å². The Labute approximate surface area is 155 Å². The zero-order valence-electron chi connectivity index (χ0n) is 14.9. The quantitative estimate of drug-likeness (QED) is 0.768. The van der Waals surface area contributed by atoms with Crippen molar-refractivity contribution in [2.24, 2.45) is 0 Å². The Kier molecular flexibility index (Phi) is 4.68. The Hall–Kier alpha value is -3.06. The molecule has 3 heterocycles. The van der Waals surface area contributed by atoms with E-state index in [4.69, 9.17) is 4.74 Å². The van der Waals surface area contributed by atoms with Gasteiger partial charge in [0.1, 0.15) is 5.69 Å². The number of hydrogen-bond acceptors (Lipinski definition) is 5. The van der Waals surface area contributed by atoms with Crippen LogP contribution in [0.1, 0.15) is 16.8 Å². The van der Waals surface area contributed by atoms with Gasteiger partial charge in [0.15, 0.2) is 17.4 Å². The minimum Gasteiger partial charge on any atom is -0.494 e. The van der Waals surface area contributed by atoms with Crippen molar-refractivity contribution in [1.29, 1.82) is 0 Å². The van der Waals surface area contributed by atoms with Crippen LogP contribution in [-0.2, 0) is 19.5 Å². The molecule has 0 saturated carbocycles. The molecule has 0 amide bonds. The molecule has 0 atom stereocenters. The fraction of sp³-hybridized carbons (Fsp3) is 0.250. The van der Waals surface area contributed by atoms with Crippen LogP contribution in [0, 0.1) is 5.82 Å². The van der Waals surface area contributed by atoms with Gasteiger partial charge < -0.3 is 9.72 Å². The van der Waals surface area contributed by atoms with Crippen LogP contribution in [0.3, 0.4) is 0 Å². The van der Waals surface area contributed by atoms with E-state index in [2.05, 4.69) is 19.9 Å². The van der Waals surface area contributed by atoms with Crippen LogP contribution < -0.4 is 10.3 Å². The summed E-state index contributed by atoms with van der Waals surface area (Å²) in [4.78, 5) is 26.2. The minimum absolute atomic E-state index is 0.132. The summed E-state index contributed by atoms with van der Waals surface area (Å²) in [6, 6.07) is 10.6. The van der Waals surface area contributed by atoms with Crippen molar-refractivity contribution in [2.75, 3.05) is 13.7 Å². The lowest BCUT2D eigenvalue weighted by Gasteiger charge is -2.28. The first-order valence-corrected chi connectivity index (χ1v) is 8.73. The molecule has 0 unspecified atom stereocenters. The van der Waals surface area contributed by atoms with Crippen LogP contribution in [0.25, 0.3) is 11.5 Å². The highest BCUT2D eigenvalue weighted by Gasteiger charge is 2.23. The number of aromatic amines is 1. The Bertz CT molecular complexity index is 1020. The molecule has 0 fully saturated rings. The second kappa shape index (κ2) is 7.28. The third-order valence-electron chi connectivity index (χ3n) is 4.72. The van der Waals surface area contributed by atoms with E-state index in [-0.39, 0.29) is 17.1 Å². The first kappa shape index (κ1) is 17.4. The summed E-state index contributed by atoms with van der Waals surface area (Å²) in [5, 5.41) is 0. The Morgan fingerprint density at radius 3 is 2.93 bits per heavy atom. The van der Waals surface area contributed by atoms with Crippen LogP contribution in [0.4, 0.5) is 4.39 Å². The van der Waals surface area contributed by atoms with Gasteiger partial charge in [-0.1, -0.05) is 18.2 Å². The Morgan fingerprint density at radius 2 is 2.15 bits per heavy atom. The summed E-state index contributed by atoms with van der Waals surface area (Å²) in [6.07, 6.45) is 2.23. The van der Waals surface area contributed by atoms with Gasteiger partial charge in [0.25, 0.3) is 5.56 Å². The van der Waals surface area contributed by atoms with Crippen molar-refractivity contribution < 1.29 is 9.13 Å². The molecule has 1 aliphatic heterocycles. The minimum atomic E-state index is -0.348. The lowest BCUT2D eigenvalue weighted by molar-refractivity contribution is 0.236. The number of aromatic nitrogens is 3. The third kappa shape index (κ3) is 3.46. The van der Waals surface area contributed by atoms with Crippen molar-refractivity contribution in [3.8, 4) is 17.3 Å². The summed E-state index contributed by atoms with van der Waals surface area (Å²) < 4.78 is 19.5. The average Bonchev–Trinajstić information content (AvgIpc) is 2.70. The van der Waals surface area contributed by atoms with Gasteiger partial charge in [0.2, 0.25) is 0 Å². The monoisotopic (exact) mass is 366 g/mol. The lowest BCUT2D eigenvalue weighted by Crippen LogP contribution is -2.35. The number of nitrogens with one attached hydrogen (secondary N) is 1. The molecule has 1 aliphatic rings. The standard InChI is InChI=1S/C20H19FN4O2/c1-27-17-7-4-5-13(18(17)21)11-25-10-8-14-16(12-25)23-19(24-20(14)26)15-6-2-3-9-22-15/h2-7,9H,8,10-12H2,1H3,(H,23,24,26). The van der Waals surface area contributed by atoms with Gasteiger partial charge in [-0.25, -0.2) is 9.37 Å². The number of rotatable bonds is 4. The second-order valence-corrected chi connectivity index (χ2v) is 6.45. The zero-order valence-corrected chi connectivity index (χ0v) is 14.9. The number of ether oxygens (including phenoxy) is 1. The van der Waals surface area contributed by atoms with E-state index in [9.17, 15) is 9.18 Å². The molecule has 0 aliphatic carbocycles. The summed E-state index contributed by atoms with van der Waals surface area (Å²) in [5.74, 6) is 0.338. The molecule has 4 rings (SSSR count). The zero-order chi connectivity index (χ0) is 18.8. The van der Waals surface area contributed by atoms with Crippen LogP contribution in [-0.4, -0.2) is 33.5 Å². The molecular weight excluding hydrogens is 347 g/mol. The van der Waals surface area contributed by atoms with Crippen molar-refractivity contribution in [1.82, 2.24) is 19.9 Å². The fourth-order valence-electron chi connectivity index (χ4n) is 3.33. The molecule has 0 spiro atoms. The van der Waals surface area contributed by atoms with Crippen molar-refractivity contribution >= 4 is 0 Å². The highest BCUT2D eigenvalue weighted by molar-refractivity contribution is 5.49. The highest BCUT2D eigenvalue weighted by atomic mass is 19.1. The van der Waals surface area contributed by atoms with Gasteiger partial charge in [0.05, 0.1) is 12.8 Å². The average molecular weight is 366 g/mol. The van der Waals surface area contributed by atoms with Crippen LogP contribution in [0.5, 0.6) is 5.75 Å². The maximum atomic E-state index is 14.4. The number of fused-ring (bicyclic) bond motifs is 1. The molecule has 0 radical (unpaired) electrons. The van der Waals surface area contributed by atoms with Crippen molar-refractivity contribution in [3.05, 3.63) is 75.6 Å². The highest BCUT2D eigenvalue weighted by Crippen LogP contribution is 2.24. The van der Waals surface area contributed by atoms with E-state index in [0.717, 1.165) is 0 Å². The maximum Gasteiger partial charge on any atom is 0.254 e. The second-order valence-electron chi connectivity index (χ2n) is 6.45. The molecule has 3 aromatic rings. The van der Waals surface area contributed by atoms with Gasteiger partial charge in [-0.3, -0.25) is 14.7 Å². The molecule has 138 valence electrons. The molecule has 2 aromatic heterocycles. The maximum absolute atomic E-state index is 14.4. The summed E-state index contributed by atoms with van der Waals surface area (Å²) >= 11 is 0. The third-order valence-corrected chi connectivity index (χ3v) is 4.72. The van der Waals surface area contributed by atoms with Gasteiger partial charge in [0, 0.05) is 37.0 Å². The first-order chi connectivity index (χ1) is 13.2.